The van der Waals surface area contributed by atoms with Crippen molar-refractivity contribution in [2.45, 2.75) is 24.3 Å². The van der Waals surface area contributed by atoms with Gasteiger partial charge in [0.15, 0.2) is 5.17 Å². The minimum absolute atomic E-state index is 0.109. The fourth-order valence-corrected chi connectivity index (χ4v) is 5.23. The van der Waals surface area contributed by atoms with Crippen molar-refractivity contribution in [2.75, 3.05) is 6.54 Å². The van der Waals surface area contributed by atoms with Crippen LogP contribution in [-0.2, 0) is 0 Å². The van der Waals surface area contributed by atoms with E-state index in [9.17, 15) is 9.90 Å². The number of aliphatic imine (C=N–C) groups is 1. The molecule has 152 valence electrons. The molecule has 2 aromatic heterocycles. The Labute approximate surface area is 182 Å². The Kier molecular flexibility index (Phi) is 4.79. The van der Waals surface area contributed by atoms with Gasteiger partial charge in [-0.25, -0.2) is 9.79 Å². The highest BCUT2D eigenvalue weighted by Crippen LogP contribution is 2.48. The van der Waals surface area contributed by atoms with Crippen LogP contribution < -0.4 is 0 Å². The molecule has 8 heteroatoms. The molecule has 5 rings (SSSR count). The third-order valence-electron chi connectivity index (χ3n) is 5.28. The number of amidine groups is 1. The van der Waals surface area contributed by atoms with Crippen LogP contribution in [0, 0.1) is 0 Å². The second kappa shape index (κ2) is 7.49. The van der Waals surface area contributed by atoms with E-state index in [-0.39, 0.29) is 17.6 Å². The van der Waals surface area contributed by atoms with E-state index in [1.807, 2.05) is 30.3 Å². The van der Waals surface area contributed by atoms with Crippen LogP contribution in [0.25, 0.3) is 11.3 Å². The molecule has 3 aromatic rings. The maximum Gasteiger partial charge on any atom is 0.335 e. The lowest BCUT2D eigenvalue weighted by atomic mass is 10.0. The molecule has 0 saturated carbocycles. The van der Waals surface area contributed by atoms with Gasteiger partial charge in [0.25, 0.3) is 0 Å². The number of carboxylic acid groups (broad SMARTS) is 1. The smallest absolute Gasteiger partial charge is 0.335 e. The number of carbonyl (C=O) groups is 1. The molecule has 1 N–H and O–H groups in total. The lowest BCUT2D eigenvalue weighted by molar-refractivity contribution is 0.0697. The fourth-order valence-electron chi connectivity index (χ4n) is 3.93. The molecule has 0 bridgehead atoms. The predicted octanol–water partition coefficient (Wildman–Crippen LogP) is 5.28. The largest absolute Gasteiger partial charge is 0.478 e. The van der Waals surface area contributed by atoms with Crippen molar-refractivity contribution < 1.29 is 14.3 Å². The number of furan rings is 1. The molecule has 0 unspecified atom stereocenters. The zero-order chi connectivity index (χ0) is 20.8. The van der Waals surface area contributed by atoms with E-state index < -0.39 is 5.97 Å². The summed E-state index contributed by atoms with van der Waals surface area (Å²) in [5, 5.41) is 11.2. The highest BCUT2D eigenvalue weighted by molar-refractivity contribution is 8.14. The van der Waals surface area contributed by atoms with Crippen molar-refractivity contribution in [2.24, 2.45) is 4.99 Å². The number of pyridine rings is 1. The van der Waals surface area contributed by atoms with E-state index in [0.29, 0.717) is 21.6 Å². The Morgan fingerprint density at radius 1 is 1.27 bits per heavy atom. The van der Waals surface area contributed by atoms with E-state index in [4.69, 9.17) is 21.0 Å². The topological polar surface area (TPSA) is 78.9 Å². The quantitative estimate of drug-likeness (QED) is 0.595. The molecule has 30 heavy (non-hydrogen) atoms. The SMILES string of the molecule is C[C@H]1CN2C(=N[C@H](c3ccccn3)[C@@H]2c2ccc(-c3cc(C(=O)O)ccc3Cl)o2)S1. The standard InChI is InChI=1S/C22H18ClN3O3S/c1-12-11-26-20(19(25-22(26)30-12)16-4-2-3-9-24-16)18-8-7-17(29-18)14-10-13(21(27)28)5-6-15(14)23/h2-10,12,19-20H,11H2,1H3,(H,27,28)/t12-,19+,20-/m0/s1. The molecule has 0 spiro atoms. The third-order valence-corrected chi connectivity index (χ3v) is 6.71. The van der Waals surface area contributed by atoms with Gasteiger partial charge in [0.05, 0.1) is 16.3 Å². The monoisotopic (exact) mass is 439 g/mol. The summed E-state index contributed by atoms with van der Waals surface area (Å²) in [4.78, 5) is 23.1. The van der Waals surface area contributed by atoms with Crippen molar-refractivity contribution in [1.29, 1.82) is 0 Å². The van der Waals surface area contributed by atoms with Crippen LogP contribution in [0.2, 0.25) is 5.02 Å². The van der Waals surface area contributed by atoms with E-state index in [2.05, 4.69) is 16.8 Å². The summed E-state index contributed by atoms with van der Waals surface area (Å²) in [6.45, 7) is 3.06. The van der Waals surface area contributed by atoms with Crippen molar-refractivity contribution in [1.82, 2.24) is 9.88 Å². The molecular formula is C22H18ClN3O3S. The van der Waals surface area contributed by atoms with Gasteiger partial charge >= 0.3 is 5.97 Å². The van der Waals surface area contributed by atoms with Crippen LogP contribution >= 0.6 is 23.4 Å². The number of aromatic carboxylic acids is 1. The molecule has 6 nitrogen and oxygen atoms in total. The Balaban J connectivity index is 1.55. The number of carboxylic acids is 1. The van der Waals surface area contributed by atoms with Crippen molar-refractivity contribution >= 4 is 34.5 Å². The number of thioether (sulfide) groups is 1. The first-order valence-corrected chi connectivity index (χ1v) is 10.8. The first kappa shape index (κ1) is 19.2. The number of fused-ring (bicyclic) bond motifs is 1. The molecule has 4 heterocycles. The molecule has 0 radical (unpaired) electrons. The summed E-state index contributed by atoms with van der Waals surface area (Å²) in [5.41, 5.74) is 1.61. The lowest BCUT2D eigenvalue weighted by Crippen LogP contribution is -2.28. The van der Waals surface area contributed by atoms with Crippen LogP contribution in [0.5, 0.6) is 0 Å². The molecule has 2 aliphatic rings. The lowest BCUT2D eigenvalue weighted by Gasteiger charge is -2.25. The van der Waals surface area contributed by atoms with E-state index in [1.54, 1.807) is 24.0 Å². The average Bonchev–Trinajstić information content (AvgIpc) is 3.43. The highest BCUT2D eigenvalue weighted by Gasteiger charge is 2.45. The van der Waals surface area contributed by atoms with Gasteiger partial charge in [-0.2, -0.15) is 0 Å². The van der Waals surface area contributed by atoms with E-state index >= 15 is 0 Å². The normalized spacial score (nSPS) is 22.8. The zero-order valence-corrected chi connectivity index (χ0v) is 17.6. The third kappa shape index (κ3) is 3.28. The Morgan fingerprint density at radius 2 is 2.13 bits per heavy atom. The average molecular weight is 440 g/mol. The molecule has 0 amide bonds. The Morgan fingerprint density at radius 3 is 2.90 bits per heavy atom. The number of benzene rings is 1. The van der Waals surface area contributed by atoms with Crippen LogP contribution in [0.15, 0.2) is 64.1 Å². The van der Waals surface area contributed by atoms with Crippen LogP contribution in [0.4, 0.5) is 0 Å². The van der Waals surface area contributed by atoms with Crippen LogP contribution in [-0.4, -0.2) is 37.9 Å². The first-order chi connectivity index (χ1) is 14.5. The summed E-state index contributed by atoms with van der Waals surface area (Å²) < 4.78 is 6.23. The van der Waals surface area contributed by atoms with Crippen LogP contribution in [0.1, 0.15) is 40.8 Å². The van der Waals surface area contributed by atoms with Crippen molar-refractivity contribution in [3.8, 4) is 11.3 Å². The maximum absolute atomic E-state index is 11.4. The summed E-state index contributed by atoms with van der Waals surface area (Å²) in [6.07, 6.45) is 1.77. The Bertz CT molecular complexity index is 1150. The van der Waals surface area contributed by atoms with Crippen LogP contribution in [0.3, 0.4) is 0 Å². The fraction of sp³-hybridized carbons (Fsp3) is 0.227. The number of hydrogen-bond donors (Lipinski definition) is 1. The summed E-state index contributed by atoms with van der Waals surface area (Å²) >= 11 is 8.10. The second-order valence-electron chi connectivity index (χ2n) is 7.34. The van der Waals surface area contributed by atoms with Gasteiger partial charge in [-0.1, -0.05) is 36.4 Å². The van der Waals surface area contributed by atoms with E-state index in [1.165, 1.54) is 12.1 Å². The second-order valence-corrected chi connectivity index (χ2v) is 9.15. The minimum atomic E-state index is -1.01. The summed E-state index contributed by atoms with van der Waals surface area (Å²) in [5.74, 6) is 0.281. The molecule has 0 aliphatic carbocycles. The molecule has 1 saturated heterocycles. The summed E-state index contributed by atoms with van der Waals surface area (Å²) in [6, 6.07) is 13.9. The van der Waals surface area contributed by atoms with Crippen molar-refractivity contribution in [3.63, 3.8) is 0 Å². The van der Waals surface area contributed by atoms with Gasteiger partial charge in [-0.15, -0.1) is 0 Å². The van der Waals surface area contributed by atoms with Gasteiger partial charge in [-0.3, -0.25) is 4.98 Å². The predicted molar refractivity (Wildman–Crippen MR) is 117 cm³/mol. The zero-order valence-electron chi connectivity index (χ0n) is 16.0. The number of hydrogen-bond acceptors (Lipinski definition) is 6. The number of halogens is 1. The number of aromatic nitrogens is 1. The molecule has 3 atom stereocenters. The van der Waals surface area contributed by atoms with Gasteiger partial charge in [0, 0.05) is 23.6 Å². The minimum Gasteiger partial charge on any atom is -0.478 e. The first-order valence-electron chi connectivity index (χ1n) is 9.56. The maximum atomic E-state index is 11.4. The van der Waals surface area contributed by atoms with Gasteiger partial charge in [0.1, 0.15) is 23.6 Å². The van der Waals surface area contributed by atoms with Gasteiger partial charge in [0.2, 0.25) is 0 Å². The van der Waals surface area contributed by atoms with Crippen molar-refractivity contribution in [3.05, 3.63) is 76.8 Å². The molecule has 2 aliphatic heterocycles. The van der Waals surface area contributed by atoms with Gasteiger partial charge < -0.3 is 14.4 Å². The number of rotatable bonds is 4. The summed E-state index contributed by atoms with van der Waals surface area (Å²) in [7, 11) is 0. The molecule has 1 fully saturated rings. The van der Waals surface area contributed by atoms with Gasteiger partial charge in [-0.05, 0) is 42.5 Å². The number of nitrogens with zero attached hydrogens (tertiary/aromatic N) is 3. The highest BCUT2D eigenvalue weighted by atomic mass is 35.5. The molecule has 1 aromatic carbocycles. The van der Waals surface area contributed by atoms with E-state index in [0.717, 1.165) is 23.2 Å². The molecular weight excluding hydrogens is 422 g/mol. The Hall–Kier alpha value is -2.77.